The van der Waals surface area contributed by atoms with Crippen LogP contribution < -0.4 is 5.32 Å². The Morgan fingerprint density at radius 1 is 1.50 bits per heavy atom. The minimum absolute atomic E-state index is 0.106. The first-order valence-corrected chi connectivity index (χ1v) is 5.70. The maximum atomic E-state index is 10.8. The van der Waals surface area contributed by atoms with Gasteiger partial charge in [0.15, 0.2) is 0 Å². The van der Waals surface area contributed by atoms with E-state index in [2.05, 4.69) is 5.32 Å². The lowest BCUT2D eigenvalue weighted by molar-refractivity contribution is -0.144. The Hall–Kier alpha value is -0.650. The third-order valence-corrected chi connectivity index (χ3v) is 2.80. The fraction of sp³-hybridized carbons (Fsp3) is 0.909. The van der Waals surface area contributed by atoms with Crippen LogP contribution in [0.15, 0.2) is 0 Å². The van der Waals surface area contributed by atoms with E-state index in [4.69, 9.17) is 14.6 Å². The molecule has 1 heterocycles. The van der Waals surface area contributed by atoms with Crippen LogP contribution in [0.4, 0.5) is 0 Å². The summed E-state index contributed by atoms with van der Waals surface area (Å²) in [4.78, 5) is 10.8. The van der Waals surface area contributed by atoms with Crippen LogP contribution >= 0.6 is 0 Å². The van der Waals surface area contributed by atoms with Crippen molar-refractivity contribution in [2.75, 3.05) is 13.7 Å². The van der Waals surface area contributed by atoms with Crippen LogP contribution in [0.3, 0.4) is 0 Å². The van der Waals surface area contributed by atoms with Gasteiger partial charge in [0.1, 0.15) is 6.04 Å². The van der Waals surface area contributed by atoms with Crippen LogP contribution in [0.2, 0.25) is 0 Å². The quantitative estimate of drug-likeness (QED) is 0.726. The first-order chi connectivity index (χ1) is 7.52. The summed E-state index contributed by atoms with van der Waals surface area (Å²) >= 11 is 0. The molecule has 0 bridgehead atoms. The van der Waals surface area contributed by atoms with Crippen molar-refractivity contribution in [2.24, 2.45) is 0 Å². The first kappa shape index (κ1) is 13.4. The monoisotopic (exact) mass is 231 g/mol. The molecule has 5 heteroatoms. The molecule has 0 aromatic heterocycles. The lowest BCUT2D eigenvalue weighted by Crippen LogP contribution is -2.41. The predicted octanol–water partition coefficient (Wildman–Crippen LogP) is 0.632. The van der Waals surface area contributed by atoms with Gasteiger partial charge in [-0.15, -0.1) is 0 Å². The van der Waals surface area contributed by atoms with Crippen molar-refractivity contribution >= 4 is 5.97 Å². The largest absolute Gasteiger partial charge is 0.480 e. The summed E-state index contributed by atoms with van der Waals surface area (Å²) in [6, 6.07) is -0.631. The number of carboxylic acid groups (broad SMARTS) is 1. The average Bonchev–Trinajstić information content (AvgIpc) is 2.16. The van der Waals surface area contributed by atoms with E-state index < -0.39 is 12.0 Å². The topological polar surface area (TPSA) is 67.8 Å². The van der Waals surface area contributed by atoms with Gasteiger partial charge in [0, 0.05) is 0 Å². The summed E-state index contributed by atoms with van der Waals surface area (Å²) in [5.74, 6) is -0.879. The fourth-order valence-electron chi connectivity index (χ4n) is 1.99. The highest BCUT2D eigenvalue weighted by molar-refractivity contribution is 5.73. The predicted molar refractivity (Wildman–Crippen MR) is 59.5 cm³/mol. The zero-order valence-electron chi connectivity index (χ0n) is 10.1. The molecule has 2 N–H and O–H groups in total. The fourth-order valence-corrected chi connectivity index (χ4v) is 1.99. The SMILES string of the molecule is CNC(COC1CC(C)OC(C)C1)C(=O)O. The summed E-state index contributed by atoms with van der Waals surface area (Å²) in [6.07, 6.45) is 2.15. The van der Waals surface area contributed by atoms with Gasteiger partial charge in [-0.3, -0.25) is 4.79 Å². The third-order valence-electron chi connectivity index (χ3n) is 2.80. The highest BCUT2D eigenvalue weighted by Crippen LogP contribution is 2.21. The van der Waals surface area contributed by atoms with Crippen molar-refractivity contribution in [3.05, 3.63) is 0 Å². The van der Waals surface area contributed by atoms with Crippen molar-refractivity contribution in [1.82, 2.24) is 5.32 Å². The second-order valence-corrected chi connectivity index (χ2v) is 4.36. The average molecular weight is 231 g/mol. The molecule has 0 saturated carbocycles. The standard InChI is InChI=1S/C11H21NO4/c1-7-4-9(5-8(2)16-7)15-6-10(12-3)11(13)14/h7-10,12H,4-6H2,1-3H3,(H,13,14). The van der Waals surface area contributed by atoms with Crippen LogP contribution in [-0.4, -0.2) is 49.1 Å². The van der Waals surface area contributed by atoms with Gasteiger partial charge in [-0.1, -0.05) is 0 Å². The second-order valence-electron chi connectivity index (χ2n) is 4.36. The molecule has 1 fully saturated rings. The Bertz CT molecular complexity index is 224. The lowest BCUT2D eigenvalue weighted by atomic mass is 10.0. The van der Waals surface area contributed by atoms with E-state index in [1.807, 2.05) is 13.8 Å². The van der Waals surface area contributed by atoms with Crippen molar-refractivity contribution in [3.63, 3.8) is 0 Å². The van der Waals surface area contributed by atoms with Crippen LogP contribution in [-0.2, 0) is 14.3 Å². The molecule has 0 aliphatic carbocycles. The number of hydrogen-bond donors (Lipinski definition) is 2. The minimum Gasteiger partial charge on any atom is -0.480 e. The number of aliphatic carboxylic acids is 1. The highest BCUT2D eigenvalue weighted by atomic mass is 16.5. The summed E-state index contributed by atoms with van der Waals surface area (Å²) in [5, 5.41) is 11.5. The second kappa shape index (κ2) is 6.18. The maximum absolute atomic E-state index is 10.8. The van der Waals surface area contributed by atoms with E-state index in [1.54, 1.807) is 7.05 Å². The molecule has 3 atom stereocenters. The molecule has 5 nitrogen and oxygen atoms in total. The molecule has 16 heavy (non-hydrogen) atoms. The van der Waals surface area contributed by atoms with Gasteiger partial charge in [0.05, 0.1) is 24.9 Å². The molecule has 0 aromatic carbocycles. The summed E-state index contributed by atoms with van der Waals surface area (Å²) in [7, 11) is 1.62. The molecular formula is C11H21NO4. The molecule has 0 radical (unpaired) electrons. The first-order valence-electron chi connectivity index (χ1n) is 5.70. The van der Waals surface area contributed by atoms with Crippen molar-refractivity contribution < 1.29 is 19.4 Å². The molecule has 1 rings (SSSR count). The lowest BCUT2D eigenvalue weighted by Gasteiger charge is -2.32. The minimum atomic E-state index is -0.879. The van der Waals surface area contributed by atoms with Gasteiger partial charge in [-0.2, -0.15) is 0 Å². The Morgan fingerprint density at radius 3 is 2.50 bits per heavy atom. The number of carbonyl (C=O) groups is 1. The number of likely N-dealkylation sites (N-methyl/N-ethyl adjacent to an activating group) is 1. The van der Waals surface area contributed by atoms with Gasteiger partial charge in [-0.05, 0) is 33.7 Å². The Labute approximate surface area is 96.1 Å². The highest BCUT2D eigenvalue weighted by Gasteiger charge is 2.26. The normalized spacial score (nSPS) is 32.3. The van der Waals surface area contributed by atoms with E-state index in [1.165, 1.54) is 0 Å². The maximum Gasteiger partial charge on any atom is 0.323 e. The molecule has 0 spiro atoms. The molecule has 94 valence electrons. The molecule has 0 amide bonds. The number of carboxylic acids is 1. The van der Waals surface area contributed by atoms with E-state index in [0.717, 1.165) is 12.8 Å². The van der Waals surface area contributed by atoms with Crippen molar-refractivity contribution in [3.8, 4) is 0 Å². The number of rotatable bonds is 5. The number of ether oxygens (including phenoxy) is 2. The third kappa shape index (κ3) is 4.08. The molecule has 1 aliphatic heterocycles. The van der Waals surface area contributed by atoms with Crippen LogP contribution in [0.25, 0.3) is 0 Å². The zero-order chi connectivity index (χ0) is 12.1. The van der Waals surface area contributed by atoms with Crippen LogP contribution in [0, 0.1) is 0 Å². The molecule has 1 saturated heterocycles. The number of nitrogens with one attached hydrogen (secondary N) is 1. The summed E-state index contributed by atoms with van der Waals surface area (Å²) in [5.41, 5.74) is 0. The Morgan fingerprint density at radius 2 is 2.06 bits per heavy atom. The molecule has 0 aromatic rings. The zero-order valence-corrected chi connectivity index (χ0v) is 10.1. The van der Waals surface area contributed by atoms with E-state index in [0.29, 0.717) is 0 Å². The summed E-state index contributed by atoms with van der Waals surface area (Å²) < 4.78 is 11.2. The number of hydrogen-bond acceptors (Lipinski definition) is 4. The molecular weight excluding hydrogens is 210 g/mol. The van der Waals surface area contributed by atoms with Crippen LogP contribution in [0.1, 0.15) is 26.7 Å². The Kier molecular flexibility index (Phi) is 5.18. The van der Waals surface area contributed by atoms with Gasteiger partial charge in [-0.25, -0.2) is 0 Å². The van der Waals surface area contributed by atoms with E-state index >= 15 is 0 Å². The van der Waals surface area contributed by atoms with E-state index in [-0.39, 0.29) is 24.9 Å². The smallest absolute Gasteiger partial charge is 0.323 e. The Balaban J connectivity index is 2.33. The van der Waals surface area contributed by atoms with Gasteiger partial charge >= 0.3 is 5.97 Å². The van der Waals surface area contributed by atoms with Crippen LogP contribution in [0.5, 0.6) is 0 Å². The van der Waals surface area contributed by atoms with Gasteiger partial charge in [0.25, 0.3) is 0 Å². The summed E-state index contributed by atoms with van der Waals surface area (Å²) in [6.45, 7) is 4.23. The van der Waals surface area contributed by atoms with Gasteiger partial charge < -0.3 is 19.9 Å². The molecule has 3 unspecified atom stereocenters. The molecule has 1 aliphatic rings. The van der Waals surface area contributed by atoms with E-state index in [9.17, 15) is 4.79 Å². The van der Waals surface area contributed by atoms with Gasteiger partial charge in [0.2, 0.25) is 0 Å². The van der Waals surface area contributed by atoms with Crippen molar-refractivity contribution in [1.29, 1.82) is 0 Å². The van der Waals surface area contributed by atoms with Crippen molar-refractivity contribution in [2.45, 2.75) is 51.0 Å².